The Bertz CT molecular complexity index is 1380. The minimum Gasteiger partial charge on any atom is -0.437 e. The summed E-state index contributed by atoms with van der Waals surface area (Å²) in [7, 11) is 0. The molecule has 5 rings (SSSR count). The van der Waals surface area contributed by atoms with Crippen molar-refractivity contribution in [2.24, 2.45) is 0 Å². The Kier molecular flexibility index (Phi) is 4.94. The highest BCUT2D eigenvalue weighted by atomic mass is 35.5. The lowest BCUT2D eigenvalue weighted by Crippen LogP contribution is -2.13. The highest BCUT2D eigenvalue weighted by molar-refractivity contribution is 6.34. The van der Waals surface area contributed by atoms with Gasteiger partial charge in [0.05, 0.1) is 16.0 Å². The van der Waals surface area contributed by atoms with Crippen LogP contribution in [0.15, 0.2) is 95.7 Å². The van der Waals surface area contributed by atoms with E-state index in [-0.39, 0.29) is 5.91 Å². The summed E-state index contributed by atoms with van der Waals surface area (Å²) in [6, 6.07) is 26.5. The van der Waals surface area contributed by atoms with Crippen molar-refractivity contribution >= 4 is 34.4 Å². The molecule has 0 atom stereocenters. The van der Waals surface area contributed by atoms with Crippen LogP contribution in [0.1, 0.15) is 10.4 Å². The summed E-state index contributed by atoms with van der Waals surface area (Å²) in [5, 5.41) is 3.88. The van der Waals surface area contributed by atoms with Crippen molar-refractivity contribution in [1.29, 1.82) is 0 Å². The molecule has 31 heavy (non-hydrogen) atoms. The molecule has 0 fully saturated rings. The molecule has 2 aromatic heterocycles. The molecule has 1 amide bonds. The van der Waals surface area contributed by atoms with Gasteiger partial charge in [-0.3, -0.25) is 4.79 Å². The summed E-state index contributed by atoms with van der Waals surface area (Å²) in [4.78, 5) is 21.6. The number of carbonyl (C=O) groups is 1. The number of fused-ring (bicyclic) bond motifs is 1. The van der Waals surface area contributed by atoms with E-state index in [0.29, 0.717) is 33.3 Å². The third-order valence-corrected chi connectivity index (χ3v) is 5.27. The molecule has 0 spiro atoms. The number of amides is 1. The number of aromatic nitrogens is 2. The van der Waals surface area contributed by atoms with Crippen molar-refractivity contribution in [3.05, 3.63) is 102 Å². The van der Waals surface area contributed by atoms with Gasteiger partial charge in [0.2, 0.25) is 5.71 Å². The molecule has 1 N–H and O–H groups in total. The van der Waals surface area contributed by atoms with Crippen molar-refractivity contribution in [3.8, 4) is 22.5 Å². The van der Waals surface area contributed by atoms with Crippen molar-refractivity contribution in [2.75, 3.05) is 5.32 Å². The Hall–Kier alpha value is -3.96. The van der Waals surface area contributed by atoms with E-state index >= 15 is 0 Å². The van der Waals surface area contributed by atoms with Gasteiger partial charge in [0.15, 0.2) is 0 Å². The number of furan rings is 1. The van der Waals surface area contributed by atoms with Gasteiger partial charge in [0.25, 0.3) is 5.91 Å². The lowest BCUT2D eigenvalue weighted by molar-refractivity contribution is 0.102. The number of nitrogens with zero attached hydrogens (tertiary/aromatic N) is 2. The molecule has 0 bridgehead atoms. The Morgan fingerprint density at radius 3 is 2.16 bits per heavy atom. The summed E-state index contributed by atoms with van der Waals surface area (Å²) in [5.41, 5.74) is 3.41. The highest BCUT2D eigenvalue weighted by Crippen LogP contribution is 2.42. The van der Waals surface area contributed by atoms with Gasteiger partial charge in [-0.05, 0) is 17.7 Å². The van der Waals surface area contributed by atoms with Crippen molar-refractivity contribution < 1.29 is 9.21 Å². The first kappa shape index (κ1) is 19.0. The summed E-state index contributed by atoms with van der Waals surface area (Å²) >= 11 is 6.20. The molecule has 0 aliphatic rings. The van der Waals surface area contributed by atoms with Gasteiger partial charge < -0.3 is 9.73 Å². The summed E-state index contributed by atoms with van der Waals surface area (Å²) < 4.78 is 6.16. The van der Waals surface area contributed by atoms with Crippen molar-refractivity contribution in [2.45, 2.75) is 0 Å². The van der Waals surface area contributed by atoms with Gasteiger partial charge in [0, 0.05) is 11.1 Å². The number of hydrogen-bond acceptors (Lipinski definition) is 4. The van der Waals surface area contributed by atoms with Gasteiger partial charge in [0.1, 0.15) is 17.9 Å². The zero-order chi connectivity index (χ0) is 21.2. The first-order valence-electron chi connectivity index (χ1n) is 9.66. The Balaban J connectivity index is 1.71. The third-order valence-electron chi connectivity index (χ3n) is 4.94. The fourth-order valence-corrected chi connectivity index (χ4v) is 3.74. The normalized spacial score (nSPS) is 10.9. The van der Waals surface area contributed by atoms with Crippen LogP contribution in [0.4, 0.5) is 5.82 Å². The monoisotopic (exact) mass is 425 g/mol. The SMILES string of the molecule is O=C(Nc1ncnc2oc(-c3ccccc3)c(-c3ccccc3)c12)c1ccccc1Cl. The van der Waals surface area contributed by atoms with Crippen LogP contribution < -0.4 is 5.32 Å². The summed E-state index contributed by atoms with van der Waals surface area (Å²) in [6.07, 6.45) is 1.37. The van der Waals surface area contributed by atoms with Crippen molar-refractivity contribution in [3.63, 3.8) is 0 Å². The minimum absolute atomic E-state index is 0.355. The van der Waals surface area contributed by atoms with E-state index in [9.17, 15) is 4.79 Å². The van der Waals surface area contributed by atoms with Crippen LogP contribution in [0.25, 0.3) is 33.6 Å². The second-order valence-electron chi connectivity index (χ2n) is 6.87. The molecule has 0 saturated heterocycles. The molecule has 5 nitrogen and oxygen atoms in total. The molecule has 0 aliphatic carbocycles. The second-order valence-corrected chi connectivity index (χ2v) is 7.28. The quantitative estimate of drug-likeness (QED) is 0.358. The fourth-order valence-electron chi connectivity index (χ4n) is 3.52. The molecule has 5 aromatic rings. The Morgan fingerprint density at radius 1 is 0.806 bits per heavy atom. The summed E-state index contributed by atoms with van der Waals surface area (Å²) in [5.74, 6) is 0.669. The zero-order valence-corrected chi connectivity index (χ0v) is 17.0. The van der Waals surface area contributed by atoms with Crippen LogP contribution in [0.2, 0.25) is 5.02 Å². The average molecular weight is 426 g/mol. The lowest BCUT2D eigenvalue weighted by Gasteiger charge is -2.08. The van der Waals surface area contributed by atoms with Crippen LogP contribution in [0.5, 0.6) is 0 Å². The Morgan fingerprint density at radius 2 is 1.45 bits per heavy atom. The van der Waals surface area contributed by atoms with Gasteiger partial charge >= 0.3 is 0 Å². The number of carbonyl (C=O) groups excluding carboxylic acids is 1. The number of halogens is 1. The number of benzene rings is 3. The van der Waals surface area contributed by atoms with Crippen LogP contribution in [-0.4, -0.2) is 15.9 Å². The lowest BCUT2D eigenvalue weighted by atomic mass is 9.99. The smallest absolute Gasteiger partial charge is 0.258 e. The van der Waals surface area contributed by atoms with Crippen LogP contribution in [0, 0.1) is 0 Å². The van der Waals surface area contributed by atoms with Crippen LogP contribution in [0.3, 0.4) is 0 Å². The molecule has 6 heteroatoms. The maximum absolute atomic E-state index is 12.9. The maximum atomic E-state index is 12.9. The van der Waals surface area contributed by atoms with Crippen molar-refractivity contribution in [1.82, 2.24) is 9.97 Å². The largest absolute Gasteiger partial charge is 0.437 e. The first-order valence-corrected chi connectivity index (χ1v) is 10.0. The van der Waals surface area contributed by atoms with Gasteiger partial charge in [-0.2, -0.15) is 0 Å². The molecule has 0 radical (unpaired) electrons. The van der Waals surface area contributed by atoms with E-state index in [0.717, 1.165) is 16.7 Å². The van der Waals surface area contributed by atoms with Crippen LogP contribution >= 0.6 is 11.6 Å². The van der Waals surface area contributed by atoms with E-state index in [4.69, 9.17) is 16.0 Å². The van der Waals surface area contributed by atoms with Crippen LogP contribution in [-0.2, 0) is 0 Å². The van der Waals surface area contributed by atoms with E-state index in [1.54, 1.807) is 24.3 Å². The molecule has 0 aliphatic heterocycles. The van der Waals surface area contributed by atoms with E-state index in [1.165, 1.54) is 6.33 Å². The third kappa shape index (κ3) is 3.56. The molecule has 0 saturated carbocycles. The Labute approximate surface area is 183 Å². The fraction of sp³-hybridized carbons (Fsp3) is 0. The minimum atomic E-state index is -0.355. The van der Waals surface area contributed by atoms with Gasteiger partial charge in [-0.25, -0.2) is 9.97 Å². The molecular formula is C25H16ClN3O2. The highest BCUT2D eigenvalue weighted by Gasteiger charge is 2.23. The number of nitrogens with one attached hydrogen (secondary N) is 1. The predicted octanol–water partition coefficient (Wildman–Crippen LogP) is 6.46. The number of anilines is 1. The average Bonchev–Trinajstić information content (AvgIpc) is 3.21. The zero-order valence-electron chi connectivity index (χ0n) is 16.2. The molecule has 3 aromatic carbocycles. The number of hydrogen-bond donors (Lipinski definition) is 1. The topological polar surface area (TPSA) is 68.0 Å². The first-order chi connectivity index (χ1) is 15.2. The van der Waals surface area contributed by atoms with E-state index < -0.39 is 0 Å². The molecule has 150 valence electrons. The molecular weight excluding hydrogens is 410 g/mol. The second kappa shape index (κ2) is 8.05. The standard InChI is InChI=1S/C25H16ClN3O2/c26-19-14-8-7-13-18(19)24(30)29-23-21-20(16-9-3-1-4-10-16)22(17-11-5-2-6-12-17)31-25(21)28-15-27-23/h1-15H,(H,27,28,29,30). The molecule has 2 heterocycles. The molecule has 0 unspecified atom stereocenters. The summed E-state index contributed by atoms with van der Waals surface area (Å²) in [6.45, 7) is 0. The van der Waals surface area contributed by atoms with Gasteiger partial charge in [-0.1, -0.05) is 84.4 Å². The maximum Gasteiger partial charge on any atom is 0.258 e. The van der Waals surface area contributed by atoms with Gasteiger partial charge in [-0.15, -0.1) is 0 Å². The van der Waals surface area contributed by atoms with E-state index in [1.807, 2.05) is 60.7 Å². The predicted molar refractivity (Wildman–Crippen MR) is 122 cm³/mol. The van der Waals surface area contributed by atoms with E-state index in [2.05, 4.69) is 15.3 Å². The number of rotatable bonds is 4.